The first-order valence-electron chi connectivity index (χ1n) is 6.77. The van der Waals surface area contributed by atoms with Gasteiger partial charge in [-0.25, -0.2) is 9.18 Å². The van der Waals surface area contributed by atoms with E-state index in [0.29, 0.717) is 13.0 Å². The van der Waals surface area contributed by atoms with Crippen LogP contribution in [0.2, 0.25) is 5.02 Å². The number of rotatable bonds is 5. The Bertz CT molecular complexity index is 647. The molecule has 0 aliphatic carbocycles. The van der Waals surface area contributed by atoms with Crippen LogP contribution in [0.25, 0.3) is 0 Å². The number of halogens is 2. The molecule has 2 aromatic carbocycles. The lowest BCUT2D eigenvalue weighted by Gasteiger charge is -2.09. The fraction of sp³-hybridized carbons (Fsp3) is 0.188. The minimum absolute atomic E-state index is 0.00609. The quantitative estimate of drug-likeness (QED) is 0.790. The van der Waals surface area contributed by atoms with Crippen molar-refractivity contribution in [3.63, 3.8) is 0 Å². The van der Waals surface area contributed by atoms with Gasteiger partial charge in [-0.2, -0.15) is 0 Å². The SMILES string of the molecule is O=C(NCCc1ccc(CO)cc1)Nc1cccc(Cl)c1F. The van der Waals surface area contributed by atoms with Gasteiger partial charge in [0.1, 0.15) is 0 Å². The molecular weight excluding hydrogens is 307 g/mol. The molecule has 2 rings (SSSR count). The molecule has 0 aromatic heterocycles. The van der Waals surface area contributed by atoms with Crippen LogP contribution < -0.4 is 10.6 Å². The third kappa shape index (κ3) is 4.44. The number of urea groups is 1. The van der Waals surface area contributed by atoms with Crippen LogP contribution in [0.1, 0.15) is 11.1 Å². The van der Waals surface area contributed by atoms with Crippen LogP contribution in [0.3, 0.4) is 0 Å². The van der Waals surface area contributed by atoms with E-state index < -0.39 is 11.8 Å². The van der Waals surface area contributed by atoms with Crippen LogP contribution >= 0.6 is 11.6 Å². The average molecular weight is 323 g/mol. The Hall–Kier alpha value is -2.11. The van der Waals surface area contributed by atoms with Gasteiger partial charge >= 0.3 is 6.03 Å². The van der Waals surface area contributed by atoms with Crippen LogP contribution in [0.5, 0.6) is 0 Å². The molecule has 0 aliphatic rings. The number of anilines is 1. The first-order valence-corrected chi connectivity index (χ1v) is 7.15. The molecule has 0 bridgehead atoms. The van der Waals surface area contributed by atoms with Crippen molar-refractivity contribution in [2.24, 2.45) is 0 Å². The van der Waals surface area contributed by atoms with E-state index in [-0.39, 0.29) is 17.3 Å². The number of hydrogen-bond donors (Lipinski definition) is 3. The zero-order valence-corrected chi connectivity index (χ0v) is 12.5. The molecular formula is C16H16ClFN2O2. The molecule has 3 N–H and O–H groups in total. The zero-order valence-electron chi connectivity index (χ0n) is 11.8. The molecule has 0 fully saturated rings. The van der Waals surface area contributed by atoms with Crippen molar-refractivity contribution in [1.29, 1.82) is 0 Å². The van der Waals surface area contributed by atoms with Crippen LogP contribution in [-0.2, 0) is 13.0 Å². The lowest BCUT2D eigenvalue weighted by molar-refractivity contribution is 0.252. The second kappa shape index (κ2) is 7.77. The van der Waals surface area contributed by atoms with Crippen LogP contribution in [0.4, 0.5) is 14.9 Å². The molecule has 22 heavy (non-hydrogen) atoms. The van der Waals surface area contributed by atoms with Crippen molar-refractivity contribution in [1.82, 2.24) is 5.32 Å². The van der Waals surface area contributed by atoms with Crippen molar-refractivity contribution in [2.45, 2.75) is 13.0 Å². The van der Waals surface area contributed by atoms with Crippen LogP contribution in [0.15, 0.2) is 42.5 Å². The third-order valence-electron chi connectivity index (χ3n) is 3.10. The average Bonchev–Trinajstić information content (AvgIpc) is 2.52. The topological polar surface area (TPSA) is 61.4 Å². The molecule has 0 heterocycles. The fourth-order valence-electron chi connectivity index (χ4n) is 1.90. The van der Waals surface area contributed by atoms with Gasteiger partial charge in [0.05, 0.1) is 17.3 Å². The maximum atomic E-state index is 13.6. The molecule has 0 saturated heterocycles. The van der Waals surface area contributed by atoms with E-state index in [9.17, 15) is 9.18 Å². The number of aliphatic hydroxyl groups excluding tert-OH is 1. The van der Waals surface area contributed by atoms with Gasteiger partial charge in [-0.3, -0.25) is 0 Å². The van der Waals surface area contributed by atoms with Gasteiger partial charge in [-0.1, -0.05) is 41.9 Å². The Morgan fingerprint density at radius 3 is 2.50 bits per heavy atom. The summed E-state index contributed by atoms with van der Waals surface area (Å²) in [4.78, 5) is 11.7. The van der Waals surface area contributed by atoms with E-state index in [2.05, 4.69) is 10.6 Å². The van der Waals surface area contributed by atoms with E-state index in [1.54, 1.807) is 6.07 Å². The highest BCUT2D eigenvalue weighted by Crippen LogP contribution is 2.21. The van der Waals surface area contributed by atoms with Crippen LogP contribution in [-0.4, -0.2) is 17.7 Å². The van der Waals surface area contributed by atoms with E-state index >= 15 is 0 Å². The van der Waals surface area contributed by atoms with Gasteiger partial charge in [0.25, 0.3) is 0 Å². The summed E-state index contributed by atoms with van der Waals surface area (Å²) >= 11 is 5.64. The van der Waals surface area contributed by atoms with E-state index in [4.69, 9.17) is 16.7 Å². The van der Waals surface area contributed by atoms with Gasteiger partial charge in [0.2, 0.25) is 0 Å². The number of hydrogen-bond acceptors (Lipinski definition) is 2. The number of carbonyl (C=O) groups excluding carboxylic acids is 1. The lowest BCUT2D eigenvalue weighted by atomic mass is 10.1. The number of benzene rings is 2. The van der Waals surface area contributed by atoms with Crippen molar-refractivity contribution in [2.75, 3.05) is 11.9 Å². The summed E-state index contributed by atoms with van der Waals surface area (Å²) in [5.74, 6) is -0.654. The van der Waals surface area contributed by atoms with Gasteiger partial charge in [0.15, 0.2) is 5.82 Å². The standard InChI is InChI=1S/C16H16ClFN2O2/c17-13-2-1-3-14(15(13)18)20-16(22)19-9-8-11-4-6-12(10-21)7-5-11/h1-7,21H,8-10H2,(H2,19,20,22). The summed E-state index contributed by atoms with van der Waals surface area (Å²) in [5.41, 5.74) is 1.91. The van der Waals surface area contributed by atoms with Crippen LogP contribution in [0, 0.1) is 5.82 Å². The number of carbonyl (C=O) groups is 1. The summed E-state index contributed by atoms with van der Waals surface area (Å²) in [6.07, 6.45) is 0.636. The Morgan fingerprint density at radius 1 is 1.14 bits per heavy atom. The summed E-state index contributed by atoms with van der Waals surface area (Å²) in [5, 5.41) is 14.0. The van der Waals surface area contributed by atoms with Gasteiger partial charge in [-0.05, 0) is 29.7 Å². The minimum atomic E-state index is -0.654. The predicted molar refractivity (Wildman–Crippen MR) is 84.5 cm³/mol. The molecule has 0 saturated carbocycles. The smallest absolute Gasteiger partial charge is 0.319 e. The number of aliphatic hydroxyl groups is 1. The largest absolute Gasteiger partial charge is 0.392 e. The Labute approximate surface area is 132 Å². The first kappa shape index (κ1) is 16.3. The molecule has 0 spiro atoms. The molecule has 2 aromatic rings. The number of nitrogens with one attached hydrogen (secondary N) is 2. The summed E-state index contributed by atoms with van der Waals surface area (Å²) in [6.45, 7) is 0.415. The van der Waals surface area contributed by atoms with Crippen molar-refractivity contribution >= 4 is 23.3 Å². The van der Waals surface area contributed by atoms with Gasteiger partial charge < -0.3 is 15.7 Å². The predicted octanol–water partition coefficient (Wildman–Crippen LogP) is 3.34. The lowest BCUT2D eigenvalue weighted by Crippen LogP contribution is -2.30. The van der Waals surface area contributed by atoms with E-state index in [1.165, 1.54) is 12.1 Å². The molecule has 0 unspecified atom stereocenters. The molecule has 2 amide bonds. The molecule has 6 heteroatoms. The van der Waals surface area contributed by atoms with Gasteiger partial charge in [-0.15, -0.1) is 0 Å². The Kier molecular flexibility index (Phi) is 5.75. The Morgan fingerprint density at radius 2 is 1.82 bits per heavy atom. The molecule has 0 atom stereocenters. The second-order valence-electron chi connectivity index (χ2n) is 4.71. The molecule has 0 aliphatic heterocycles. The molecule has 0 radical (unpaired) electrons. The first-order chi connectivity index (χ1) is 10.6. The number of amides is 2. The molecule has 4 nitrogen and oxygen atoms in total. The highest BCUT2D eigenvalue weighted by Gasteiger charge is 2.09. The van der Waals surface area contributed by atoms with Crippen molar-refractivity contribution in [3.8, 4) is 0 Å². The highest BCUT2D eigenvalue weighted by molar-refractivity contribution is 6.31. The Balaban J connectivity index is 1.81. The molecule has 116 valence electrons. The normalized spacial score (nSPS) is 10.3. The summed E-state index contributed by atoms with van der Waals surface area (Å²) < 4.78 is 13.6. The van der Waals surface area contributed by atoms with Crippen molar-refractivity contribution < 1.29 is 14.3 Å². The van der Waals surface area contributed by atoms with Gasteiger partial charge in [0, 0.05) is 6.54 Å². The van der Waals surface area contributed by atoms with E-state index in [0.717, 1.165) is 11.1 Å². The summed E-state index contributed by atoms with van der Waals surface area (Å²) in [6, 6.07) is 11.4. The monoisotopic (exact) mass is 322 g/mol. The zero-order chi connectivity index (χ0) is 15.9. The third-order valence-corrected chi connectivity index (χ3v) is 3.40. The maximum absolute atomic E-state index is 13.6. The van der Waals surface area contributed by atoms with Crippen molar-refractivity contribution in [3.05, 3.63) is 64.4 Å². The minimum Gasteiger partial charge on any atom is -0.392 e. The summed E-state index contributed by atoms with van der Waals surface area (Å²) in [7, 11) is 0. The highest BCUT2D eigenvalue weighted by atomic mass is 35.5. The maximum Gasteiger partial charge on any atom is 0.319 e. The van der Waals surface area contributed by atoms with E-state index in [1.807, 2.05) is 24.3 Å². The second-order valence-corrected chi connectivity index (χ2v) is 5.11. The fourth-order valence-corrected chi connectivity index (χ4v) is 2.07.